The number of phosphoric acid groups is 1. The molecule has 2 unspecified atom stereocenters. The van der Waals surface area contributed by atoms with Gasteiger partial charge in [-0.1, -0.05) is 72.2 Å². The standard InChI is InChI=1S/C33H50N3O9P/c1-9-25(17-30(37)43-20-44-32(38)31(23(6)7)45-46(40,41)42)26-12-15-29(36(18-21(2)3)19-22(4)5)28(16-26)35-33(39)34-27-13-10-24(8)11-14-27/h10-16,21-23,25,31H,9,17-20H2,1-8H3,(H2,34,35,39)(H2,40,41,42). The summed E-state index contributed by atoms with van der Waals surface area (Å²) in [6.45, 7) is 16.4. The first-order chi connectivity index (χ1) is 21.5. The fourth-order valence-corrected chi connectivity index (χ4v) is 5.46. The molecule has 2 aromatic carbocycles. The number of anilines is 3. The fourth-order valence-electron chi connectivity index (χ4n) is 4.84. The number of urea groups is 1. The Morgan fingerprint density at radius 3 is 2.02 bits per heavy atom. The van der Waals surface area contributed by atoms with Crippen molar-refractivity contribution in [1.29, 1.82) is 0 Å². The van der Waals surface area contributed by atoms with E-state index in [1.165, 1.54) is 13.8 Å². The molecule has 12 nitrogen and oxygen atoms in total. The van der Waals surface area contributed by atoms with Gasteiger partial charge in [-0.25, -0.2) is 14.2 Å². The lowest BCUT2D eigenvalue weighted by Crippen LogP contribution is -2.32. The number of aryl methyl sites for hydroxylation is 1. The predicted molar refractivity (Wildman–Crippen MR) is 179 cm³/mol. The van der Waals surface area contributed by atoms with Gasteiger partial charge in [0.05, 0.1) is 17.8 Å². The van der Waals surface area contributed by atoms with Crippen LogP contribution in [0.1, 0.15) is 78.4 Å². The summed E-state index contributed by atoms with van der Waals surface area (Å²) < 4.78 is 25.8. The average molecular weight is 664 g/mol. The molecule has 2 aromatic rings. The normalized spacial score (nSPS) is 13.0. The minimum Gasteiger partial charge on any atom is -0.428 e. The maximum Gasteiger partial charge on any atom is 0.470 e. The number of amides is 2. The number of benzene rings is 2. The van der Waals surface area contributed by atoms with E-state index in [1.54, 1.807) is 0 Å². The summed E-state index contributed by atoms with van der Waals surface area (Å²) in [5.74, 6) is -1.81. The van der Waals surface area contributed by atoms with Gasteiger partial charge in [0.25, 0.3) is 0 Å². The van der Waals surface area contributed by atoms with Crippen molar-refractivity contribution in [1.82, 2.24) is 0 Å². The number of ether oxygens (including phenoxy) is 2. The number of carbonyl (C=O) groups is 3. The summed E-state index contributed by atoms with van der Waals surface area (Å²) in [7, 11) is -4.94. The molecular formula is C33H50N3O9P. The van der Waals surface area contributed by atoms with E-state index in [9.17, 15) is 18.9 Å². The first kappa shape index (κ1) is 38.7. The molecule has 2 atom stereocenters. The third kappa shape index (κ3) is 13.5. The summed E-state index contributed by atoms with van der Waals surface area (Å²) in [6.07, 6.45) is -0.978. The highest BCUT2D eigenvalue weighted by atomic mass is 31.2. The van der Waals surface area contributed by atoms with E-state index in [1.807, 2.05) is 56.3 Å². The van der Waals surface area contributed by atoms with Crippen LogP contribution < -0.4 is 15.5 Å². The van der Waals surface area contributed by atoms with Gasteiger partial charge in [0, 0.05) is 18.8 Å². The Morgan fingerprint density at radius 2 is 1.50 bits per heavy atom. The number of nitrogens with one attached hydrogen (secondary N) is 2. The minimum atomic E-state index is -4.94. The van der Waals surface area contributed by atoms with E-state index < -0.39 is 44.6 Å². The molecule has 0 saturated heterocycles. The lowest BCUT2D eigenvalue weighted by atomic mass is 9.92. The third-order valence-electron chi connectivity index (χ3n) is 6.98. The van der Waals surface area contributed by atoms with Gasteiger partial charge in [-0.15, -0.1) is 0 Å². The van der Waals surface area contributed by atoms with Gasteiger partial charge < -0.3 is 34.8 Å². The highest BCUT2D eigenvalue weighted by Gasteiger charge is 2.32. The molecule has 0 aromatic heterocycles. The third-order valence-corrected chi connectivity index (χ3v) is 7.48. The molecule has 0 aliphatic rings. The second-order valence-corrected chi connectivity index (χ2v) is 13.8. The molecule has 0 fully saturated rings. The van der Waals surface area contributed by atoms with Crippen molar-refractivity contribution in [2.45, 2.75) is 80.3 Å². The van der Waals surface area contributed by atoms with Crippen molar-refractivity contribution in [3.05, 3.63) is 53.6 Å². The van der Waals surface area contributed by atoms with E-state index in [0.29, 0.717) is 29.6 Å². The largest absolute Gasteiger partial charge is 0.470 e. The van der Waals surface area contributed by atoms with Gasteiger partial charge in [0.1, 0.15) is 0 Å². The molecule has 256 valence electrons. The van der Waals surface area contributed by atoms with Gasteiger partial charge in [-0.2, -0.15) is 0 Å². The van der Waals surface area contributed by atoms with Crippen LogP contribution in [-0.2, 0) is 28.2 Å². The monoisotopic (exact) mass is 663 g/mol. The second-order valence-electron chi connectivity index (χ2n) is 12.6. The van der Waals surface area contributed by atoms with Crippen LogP contribution in [0.3, 0.4) is 0 Å². The van der Waals surface area contributed by atoms with Gasteiger partial charge in [0.2, 0.25) is 6.79 Å². The van der Waals surface area contributed by atoms with Gasteiger partial charge in [-0.05, 0) is 66.8 Å². The summed E-state index contributed by atoms with van der Waals surface area (Å²) in [5, 5.41) is 5.91. The number of hydrogen-bond donors (Lipinski definition) is 4. The Hall–Kier alpha value is -3.44. The summed E-state index contributed by atoms with van der Waals surface area (Å²) in [6, 6.07) is 12.9. The lowest BCUT2D eigenvalue weighted by Gasteiger charge is -2.31. The SMILES string of the molecule is CCC(CC(=O)OCOC(=O)C(OP(=O)(O)O)C(C)C)c1ccc(N(CC(C)C)CC(C)C)c(NC(=O)Nc2ccc(C)cc2)c1. The Labute approximate surface area is 272 Å². The molecule has 0 aliphatic heterocycles. The zero-order valence-corrected chi connectivity index (χ0v) is 29.0. The number of hydrogen-bond acceptors (Lipinski definition) is 8. The zero-order valence-electron chi connectivity index (χ0n) is 28.1. The maximum absolute atomic E-state index is 13.1. The first-order valence-corrected chi connectivity index (χ1v) is 17.1. The topological polar surface area (TPSA) is 164 Å². The molecule has 13 heteroatoms. The molecule has 0 heterocycles. The minimum absolute atomic E-state index is 0.0311. The summed E-state index contributed by atoms with van der Waals surface area (Å²) >= 11 is 0. The molecule has 4 N–H and O–H groups in total. The molecular weight excluding hydrogens is 613 g/mol. The smallest absolute Gasteiger partial charge is 0.428 e. The Morgan fingerprint density at radius 1 is 0.891 bits per heavy atom. The van der Waals surface area contributed by atoms with E-state index in [2.05, 4.69) is 47.8 Å². The van der Waals surface area contributed by atoms with Gasteiger partial charge in [-0.3, -0.25) is 9.32 Å². The van der Waals surface area contributed by atoms with Crippen LogP contribution in [0.15, 0.2) is 42.5 Å². The molecule has 0 spiro atoms. The molecule has 2 amide bonds. The van der Waals surface area contributed by atoms with Crippen LogP contribution in [0.2, 0.25) is 0 Å². The van der Waals surface area contributed by atoms with Crippen LogP contribution in [0, 0.1) is 24.7 Å². The molecule has 2 rings (SSSR count). The number of carbonyl (C=O) groups excluding carboxylic acids is 3. The van der Waals surface area contributed by atoms with E-state index in [0.717, 1.165) is 29.9 Å². The van der Waals surface area contributed by atoms with Crippen LogP contribution in [0.4, 0.5) is 21.9 Å². The number of nitrogens with zero attached hydrogens (tertiary/aromatic N) is 1. The highest BCUT2D eigenvalue weighted by Crippen LogP contribution is 2.39. The van der Waals surface area contributed by atoms with Crippen LogP contribution in [-0.4, -0.2) is 53.7 Å². The quantitative estimate of drug-likeness (QED) is 0.0802. The van der Waals surface area contributed by atoms with Crippen molar-refractivity contribution in [3.63, 3.8) is 0 Å². The molecule has 0 saturated carbocycles. The van der Waals surface area contributed by atoms with Crippen LogP contribution in [0.25, 0.3) is 0 Å². The van der Waals surface area contributed by atoms with Gasteiger partial charge in [0.15, 0.2) is 6.10 Å². The number of esters is 2. The van der Waals surface area contributed by atoms with Crippen LogP contribution in [0.5, 0.6) is 0 Å². The molecule has 46 heavy (non-hydrogen) atoms. The van der Waals surface area contributed by atoms with Crippen molar-refractivity contribution < 1.29 is 42.7 Å². The second kappa shape index (κ2) is 18.0. The Balaban J connectivity index is 2.24. The van der Waals surface area contributed by atoms with Crippen molar-refractivity contribution in [3.8, 4) is 0 Å². The number of rotatable bonds is 17. The van der Waals surface area contributed by atoms with Crippen molar-refractivity contribution in [2.75, 3.05) is 35.4 Å². The average Bonchev–Trinajstić information content (AvgIpc) is 2.94. The van der Waals surface area contributed by atoms with E-state index in [4.69, 9.17) is 19.3 Å². The van der Waals surface area contributed by atoms with Crippen LogP contribution >= 0.6 is 7.82 Å². The Bertz CT molecular complexity index is 1330. The number of phosphoric ester groups is 1. The summed E-state index contributed by atoms with van der Waals surface area (Å²) in [5.41, 5.74) is 4.02. The molecule has 0 radical (unpaired) electrons. The highest BCUT2D eigenvalue weighted by molar-refractivity contribution is 7.46. The Kier molecular flexibility index (Phi) is 15.2. The lowest BCUT2D eigenvalue weighted by molar-refractivity contribution is -0.174. The molecule has 0 bridgehead atoms. The zero-order chi connectivity index (χ0) is 34.6. The molecule has 0 aliphatic carbocycles. The van der Waals surface area contributed by atoms with Crippen molar-refractivity contribution in [2.24, 2.45) is 17.8 Å². The first-order valence-electron chi connectivity index (χ1n) is 15.6. The predicted octanol–water partition coefficient (Wildman–Crippen LogP) is 6.82. The van der Waals surface area contributed by atoms with E-state index >= 15 is 0 Å². The fraction of sp³-hybridized carbons (Fsp3) is 0.545. The summed E-state index contributed by atoms with van der Waals surface area (Å²) in [4.78, 5) is 58.6. The van der Waals surface area contributed by atoms with Crippen molar-refractivity contribution >= 4 is 42.9 Å². The van der Waals surface area contributed by atoms with Gasteiger partial charge >= 0.3 is 25.8 Å². The van der Waals surface area contributed by atoms with E-state index in [-0.39, 0.29) is 12.3 Å². The maximum atomic E-state index is 13.1.